The van der Waals surface area contributed by atoms with Gasteiger partial charge in [0.25, 0.3) is 10.0 Å². The van der Waals surface area contributed by atoms with E-state index in [1.54, 1.807) is 26.0 Å². The normalized spacial score (nSPS) is 11.5. The van der Waals surface area contributed by atoms with Crippen LogP contribution in [0.25, 0.3) is 0 Å². The first kappa shape index (κ1) is 13.6. The van der Waals surface area contributed by atoms with Crippen LogP contribution in [0.3, 0.4) is 0 Å². The van der Waals surface area contributed by atoms with Crippen molar-refractivity contribution in [2.45, 2.75) is 25.3 Å². The molecule has 0 atom stereocenters. The number of nitrogens with zero attached hydrogens (tertiary/aromatic N) is 1. The molecule has 4 N–H and O–H groups in total. The first-order valence-corrected chi connectivity index (χ1v) is 7.26. The highest BCUT2D eigenvalue weighted by Gasteiger charge is 2.17. The summed E-state index contributed by atoms with van der Waals surface area (Å²) in [5.74, 6) is 0. The fourth-order valence-corrected chi connectivity index (χ4v) is 2.88. The first-order valence-electron chi connectivity index (χ1n) is 5.77. The molecule has 2 rings (SSSR count). The number of H-pyrrole nitrogens is 1. The van der Waals surface area contributed by atoms with E-state index >= 15 is 0 Å². The molecule has 0 saturated heterocycles. The Morgan fingerprint density at radius 3 is 2.37 bits per heavy atom. The van der Waals surface area contributed by atoms with Crippen LogP contribution < -0.4 is 10.5 Å². The van der Waals surface area contributed by atoms with Crippen LogP contribution in [0.1, 0.15) is 17.0 Å². The van der Waals surface area contributed by atoms with Crippen molar-refractivity contribution in [1.82, 2.24) is 10.2 Å². The Hall–Kier alpha value is -1.86. The van der Waals surface area contributed by atoms with Gasteiger partial charge in [-0.2, -0.15) is 5.10 Å². The highest BCUT2D eigenvalue weighted by molar-refractivity contribution is 7.92. The maximum atomic E-state index is 12.2. The summed E-state index contributed by atoms with van der Waals surface area (Å²) in [5.41, 5.74) is 8.14. The van der Waals surface area contributed by atoms with Gasteiger partial charge >= 0.3 is 0 Å². The number of aromatic amines is 1. The van der Waals surface area contributed by atoms with Gasteiger partial charge in [0.1, 0.15) is 0 Å². The monoisotopic (exact) mass is 280 g/mol. The maximum Gasteiger partial charge on any atom is 0.262 e. The molecule has 1 aromatic heterocycles. The topological polar surface area (TPSA) is 101 Å². The minimum Gasteiger partial charge on any atom is -0.326 e. The molecule has 0 bridgehead atoms. The summed E-state index contributed by atoms with van der Waals surface area (Å²) in [7, 11) is -3.60. The number of anilines is 1. The van der Waals surface area contributed by atoms with Gasteiger partial charge in [0.2, 0.25) is 0 Å². The van der Waals surface area contributed by atoms with E-state index in [4.69, 9.17) is 5.73 Å². The smallest absolute Gasteiger partial charge is 0.262 e. The molecular formula is C12H16N4O2S. The predicted molar refractivity (Wildman–Crippen MR) is 73.2 cm³/mol. The molecule has 2 aromatic rings. The van der Waals surface area contributed by atoms with E-state index in [0.717, 1.165) is 5.56 Å². The lowest BCUT2D eigenvalue weighted by atomic mass is 10.2. The maximum absolute atomic E-state index is 12.2. The van der Waals surface area contributed by atoms with Crippen molar-refractivity contribution >= 4 is 15.7 Å². The van der Waals surface area contributed by atoms with Crippen LogP contribution in [-0.2, 0) is 16.6 Å². The van der Waals surface area contributed by atoms with Crippen LogP contribution in [0.15, 0.2) is 29.2 Å². The second-order valence-corrected chi connectivity index (χ2v) is 5.94. The van der Waals surface area contributed by atoms with E-state index < -0.39 is 10.0 Å². The molecule has 0 saturated carbocycles. The number of nitrogens with one attached hydrogen (secondary N) is 2. The third-order valence-electron chi connectivity index (χ3n) is 2.83. The van der Waals surface area contributed by atoms with E-state index in [0.29, 0.717) is 23.6 Å². The highest BCUT2D eigenvalue weighted by Crippen LogP contribution is 2.21. The molecule has 102 valence electrons. The average Bonchev–Trinajstić information content (AvgIpc) is 2.70. The van der Waals surface area contributed by atoms with Crippen LogP contribution in [0, 0.1) is 13.8 Å². The summed E-state index contributed by atoms with van der Waals surface area (Å²) in [4.78, 5) is 0.199. The summed E-state index contributed by atoms with van der Waals surface area (Å²) in [6.07, 6.45) is 0. The lowest BCUT2D eigenvalue weighted by Gasteiger charge is -2.08. The van der Waals surface area contributed by atoms with E-state index in [1.165, 1.54) is 12.1 Å². The van der Waals surface area contributed by atoms with Gasteiger partial charge in [-0.1, -0.05) is 12.1 Å². The van der Waals surface area contributed by atoms with Crippen molar-refractivity contribution in [2.24, 2.45) is 5.73 Å². The number of sulfonamides is 1. The minimum atomic E-state index is -3.60. The molecular weight excluding hydrogens is 264 g/mol. The molecule has 0 amide bonds. The van der Waals surface area contributed by atoms with Crippen LogP contribution >= 0.6 is 0 Å². The Morgan fingerprint density at radius 2 is 1.89 bits per heavy atom. The van der Waals surface area contributed by atoms with Gasteiger partial charge < -0.3 is 5.73 Å². The molecule has 0 unspecified atom stereocenters. The standard InChI is InChI=1S/C12H16N4O2S/c1-8-12(9(2)15-14-8)16-19(17,18)11-5-3-10(7-13)4-6-11/h3-6,16H,7,13H2,1-2H3,(H,14,15). The van der Waals surface area contributed by atoms with Gasteiger partial charge in [-0.15, -0.1) is 0 Å². The van der Waals surface area contributed by atoms with Gasteiger partial charge in [0, 0.05) is 6.54 Å². The third-order valence-corrected chi connectivity index (χ3v) is 4.20. The fraction of sp³-hybridized carbons (Fsp3) is 0.250. The Kier molecular flexibility index (Phi) is 3.59. The van der Waals surface area contributed by atoms with Crippen molar-refractivity contribution in [2.75, 3.05) is 4.72 Å². The zero-order chi connectivity index (χ0) is 14.0. The van der Waals surface area contributed by atoms with Crippen molar-refractivity contribution in [3.63, 3.8) is 0 Å². The molecule has 0 aliphatic heterocycles. The SMILES string of the molecule is Cc1n[nH]c(C)c1NS(=O)(=O)c1ccc(CN)cc1. The molecule has 0 aliphatic rings. The summed E-state index contributed by atoms with van der Waals surface area (Å²) in [5, 5.41) is 6.69. The lowest BCUT2D eigenvalue weighted by molar-refractivity contribution is 0.601. The molecule has 0 aliphatic carbocycles. The zero-order valence-electron chi connectivity index (χ0n) is 10.8. The van der Waals surface area contributed by atoms with Crippen LogP contribution in [-0.4, -0.2) is 18.6 Å². The van der Waals surface area contributed by atoms with Crippen LogP contribution in [0.4, 0.5) is 5.69 Å². The fourth-order valence-electron chi connectivity index (χ4n) is 1.70. The molecule has 1 heterocycles. The molecule has 1 aromatic carbocycles. The molecule has 6 nitrogen and oxygen atoms in total. The number of benzene rings is 1. The Balaban J connectivity index is 2.32. The second-order valence-electron chi connectivity index (χ2n) is 4.26. The number of aryl methyl sites for hydroxylation is 2. The quantitative estimate of drug-likeness (QED) is 0.785. The summed E-state index contributed by atoms with van der Waals surface area (Å²) < 4.78 is 27.0. The number of nitrogens with two attached hydrogens (primary N) is 1. The Bertz CT molecular complexity index is 655. The van der Waals surface area contributed by atoms with Gasteiger partial charge in [-0.25, -0.2) is 8.42 Å². The van der Waals surface area contributed by atoms with E-state index in [-0.39, 0.29) is 4.90 Å². The van der Waals surface area contributed by atoms with Gasteiger partial charge in [0.05, 0.1) is 22.0 Å². The van der Waals surface area contributed by atoms with E-state index in [2.05, 4.69) is 14.9 Å². The Morgan fingerprint density at radius 1 is 1.26 bits per heavy atom. The summed E-state index contributed by atoms with van der Waals surface area (Å²) in [6, 6.07) is 6.47. The molecule has 19 heavy (non-hydrogen) atoms. The molecule has 7 heteroatoms. The number of hydrogen-bond donors (Lipinski definition) is 3. The van der Waals surface area contributed by atoms with Crippen molar-refractivity contribution < 1.29 is 8.42 Å². The zero-order valence-corrected chi connectivity index (χ0v) is 11.6. The van der Waals surface area contributed by atoms with Crippen molar-refractivity contribution in [1.29, 1.82) is 0 Å². The Labute approximate surface area is 112 Å². The van der Waals surface area contributed by atoms with E-state index in [9.17, 15) is 8.42 Å². The number of hydrogen-bond acceptors (Lipinski definition) is 4. The lowest BCUT2D eigenvalue weighted by Crippen LogP contribution is -2.14. The van der Waals surface area contributed by atoms with E-state index in [1.807, 2.05) is 0 Å². The van der Waals surface area contributed by atoms with Gasteiger partial charge in [0.15, 0.2) is 0 Å². The minimum absolute atomic E-state index is 0.199. The largest absolute Gasteiger partial charge is 0.326 e. The number of rotatable bonds is 4. The third kappa shape index (κ3) is 2.77. The van der Waals surface area contributed by atoms with Crippen LogP contribution in [0.5, 0.6) is 0 Å². The molecule has 0 radical (unpaired) electrons. The predicted octanol–water partition coefficient (Wildman–Crippen LogP) is 1.29. The molecule has 0 fully saturated rings. The van der Waals surface area contributed by atoms with Gasteiger partial charge in [-0.05, 0) is 31.5 Å². The van der Waals surface area contributed by atoms with Crippen LogP contribution in [0.2, 0.25) is 0 Å². The number of aromatic nitrogens is 2. The summed E-state index contributed by atoms with van der Waals surface area (Å²) >= 11 is 0. The van der Waals surface area contributed by atoms with Gasteiger partial charge in [-0.3, -0.25) is 9.82 Å². The average molecular weight is 280 g/mol. The highest BCUT2D eigenvalue weighted by atomic mass is 32.2. The van der Waals surface area contributed by atoms with Crippen molar-refractivity contribution in [3.8, 4) is 0 Å². The second kappa shape index (κ2) is 5.02. The van der Waals surface area contributed by atoms with Crippen molar-refractivity contribution in [3.05, 3.63) is 41.2 Å². The summed E-state index contributed by atoms with van der Waals surface area (Å²) in [6.45, 7) is 3.88. The first-order chi connectivity index (χ1) is 8.94. The molecule has 0 spiro atoms.